The summed E-state index contributed by atoms with van der Waals surface area (Å²) in [6, 6.07) is 5.57. The number of Topliss-reactive ketones (excluding diaryl/α,β-unsaturated/α-hetero) is 1. The van der Waals surface area contributed by atoms with E-state index >= 15 is 0 Å². The maximum absolute atomic E-state index is 12.8. The van der Waals surface area contributed by atoms with E-state index in [2.05, 4.69) is 5.32 Å². The monoisotopic (exact) mass is 358 g/mol. The number of carbonyl (C=O) groups excluding carboxylic acids is 4. The number of imide groups is 1. The lowest BCUT2D eigenvalue weighted by Gasteiger charge is -2.36. The van der Waals surface area contributed by atoms with Gasteiger partial charge in [-0.25, -0.2) is 9.59 Å². The van der Waals surface area contributed by atoms with E-state index in [4.69, 9.17) is 4.74 Å². The topological polar surface area (TPSA) is 92.8 Å². The van der Waals surface area contributed by atoms with Crippen molar-refractivity contribution in [1.29, 1.82) is 0 Å². The van der Waals surface area contributed by atoms with Gasteiger partial charge in [0, 0.05) is 5.56 Å². The molecule has 1 saturated carbocycles. The fraction of sp³-hybridized carbons (Fsp3) is 0.474. The van der Waals surface area contributed by atoms with Crippen molar-refractivity contribution in [2.24, 2.45) is 5.92 Å². The van der Waals surface area contributed by atoms with E-state index in [0.717, 1.165) is 24.2 Å². The summed E-state index contributed by atoms with van der Waals surface area (Å²) in [4.78, 5) is 49.4. The van der Waals surface area contributed by atoms with E-state index in [9.17, 15) is 19.2 Å². The van der Waals surface area contributed by atoms with Crippen LogP contribution in [0.4, 0.5) is 4.79 Å². The van der Waals surface area contributed by atoms with Gasteiger partial charge in [-0.2, -0.15) is 0 Å². The highest BCUT2D eigenvalue weighted by molar-refractivity contribution is 6.09. The largest absolute Gasteiger partial charge is 0.425 e. The summed E-state index contributed by atoms with van der Waals surface area (Å²) in [5.74, 6) is -0.849. The van der Waals surface area contributed by atoms with E-state index in [1.54, 1.807) is 12.1 Å². The summed E-state index contributed by atoms with van der Waals surface area (Å²) in [5.41, 5.74) is -0.384. The third-order valence-corrected chi connectivity index (χ3v) is 5.28. The quantitative estimate of drug-likeness (QED) is 0.386. The van der Waals surface area contributed by atoms with E-state index in [1.165, 1.54) is 19.1 Å². The van der Waals surface area contributed by atoms with Crippen molar-refractivity contribution in [3.05, 3.63) is 29.8 Å². The van der Waals surface area contributed by atoms with Gasteiger partial charge in [-0.05, 0) is 49.9 Å². The molecule has 1 aliphatic heterocycles. The van der Waals surface area contributed by atoms with Gasteiger partial charge >= 0.3 is 12.0 Å². The number of hydrogen-bond acceptors (Lipinski definition) is 5. The Hall–Kier alpha value is -2.70. The molecular formula is C19H22N2O5. The number of benzene rings is 1. The van der Waals surface area contributed by atoms with Gasteiger partial charge < -0.3 is 10.1 Å². The lowest BCUT2D eigenvalue weighted by Crippen LogP contribution is -2.54. The molecular weight excluding hydrogens is 336 g/mol. The first-order valence-corrected chi connectivity index (χ1v) is 8.79. The molecule has 7 nitrogen and oxygen atoms in total. The molecule has 0 radical (unpaired) electrons. The molecule has 2 aliphatic rings. The number of amides is 3. The van der Waals surface area contributed by atoms with Crippen LogP contribution in [-0.2, 0) is 9.59 Å². The molecule has 7 heteroatoms. The third kappa shape index (κ3) is 3.21. The van der Waals surface area contributed by atoms with Crippen LogP contribution in [0.5, 0.6) is 5.75 Å². The Bertz CT molecular complexity index is 758. The molecule has 138 valence electrons. The molecule has 1 heterocycles. The van der Waals surface area contributed by atoms with Crippen molar-refractivity contribution in [3.63, 3.8) is 0 Å². The van der Waals surface area contributed by atoms with Crippen LogP contribution in [0.1, 0.15) is 49.9 Å². The molecule has 1 spiro atoms. The summed E-state index contributed by atoms with van der Waals surface area (Å²) in [5, 5.41) is 2.80. The van der Waals surface area contributed by atoms with Crippen molar-refractivity contribution in [3.8, 4) is 5.75 Å². The number of rotatable bonds is 4. The van der Waals surface area contributed by atoms with Crippen LogP contribution < -0.4 is 10.1 Å². The van der Waals surface area contributed by atoms with Crippen LogP contribution in [0, 0.1) is 5.92 Å². The maximum atomic E-state index is 12.8. The summed E-state index contributed by atoms with van der Waals surface area (Å²) >= 11 is 0. The second kappa shape index (κ2) is 6.90. The number of nitrogens with one attached hydrogen (secondary N) is 1. The molecule has 0 unspecified atom stereocenters. The molecule has 1 aromatic rings. The van der Waals surface area contributed by atoms with Crippen molar-refractivity contribution in [1.82, 2.24) is 10.2 Å². The first kappa shape index (κ1) is 18.1. The molecule has 2 atom stereocenters. The summed E-state index contributed by atoms with van der Waals surface area (Å²) in [6.45, 7) is 2.96. The molecule has 3 rings (SSSR count). The number of esters is 1. The number of carbonyl (C=O) groups is 4. The minimum absolute atomic E-state index is 0.0350. The van der Waals surface area contributed by atoms with Crippen molar-refractivity contribution in [2.75, 3.05) is 6.54 Å². The Kier molecular flexibility index (Phi) is 4.80. The average Bonchev–Trinajstić information content (AvgIpc) is 2.83. The summed E-state index contributed by atoms with van der Waals surface area (Å²) in [6.07, 6.45) is 3.37. The van der Waals surface area contributed by atoms with Crippen LogP contribution >= 0.6 is 0 Å². The number of ether oxygens (including phenoxy) is 1. The van der Waals surface area contributed by atoms with E-state index in [0.29, 0.717) is 12.0 Å². The Morgan fingerprint density at radius 2 is 1.92 bits per heavy atom. The number of ketones is 1. The minimum atomic E-state index is -0.890. The number of nitrogens with zero attached hydrogens (tertiary/aromatic N) is 1. The zero-order valence-electron chi connectivity index (χ0n) is 14.9. The zero-order chi connectivity index (χ0) is 18.9. The van der Waals surface area contributed by atoms with E-state index in [1.807, 2.05) is 6.92 Å². The molecule has 0 bridgehead atoms. The highest BCUT2D eigenvalue weighted by Gasteiger charge is 2.55. The SMILES string of the molecule is CC(=O)c1ccc(OC(=O)CN2C(=O)N[C@]3(CCCC[C@@H]3C)C2=O)cc1. The van der Waals surface area contributed by atoms with Crippen LogP contribution in [0.2, 0.25) is 0 Å². The predicted octanol–water partition coefficient (Wildman–Crippen LogP) is 2.30. The van der Waals surface area contributed by atoms with Gasteiger partial charge in [0.1, 0.15) is 17.8 Å². The molecule has 3 amide bonds. The van der Waals surface area contributed by atoms with Gasteiger partial charge in [0.25, 0.3) is 5.91 Å². The fourth-order valence-corrected chi connectivity index (χ4v) is 3.69. The van der Waals surface area contributed by atoms with Crippen LogP contribution in [0.25, 0.3) is 0 Å². The second-order valence-electron chi connectivity index (χ2n) is 6.99. The Balaban J connectivity index is 1.66. The highest BCUT2D eigenvalue weighted by atomic mass is 16.5. The smallest absolute Gasteiger partial charge is 0.331 e. The normalized spacial score (nSPS) is 25.3. The Morgan fingerprint density at radius 1 is 1.23 bits per heavy atom. The van der Waals surface area contributed by atoms with Gasteiger partial charge in [-0.1, -0.05) is 19.8 Å². The first-order valence-electron chi connectivity index (χ1n) is 8.79. The molecule has 0 aromatic heterocycles. The van der Waals surface area contributed by atoms with Crippen LogP contribution in [0.3, 0.4) is 0 Å². The Morgan fingerprint density at radius 3 is 2.54 bits per heavy atom. The molecule has 1 aliphatic carbocycles. The zero-order valence-corrected chi connectivity index (χ0v) is 14.9. The average molecular weight is 358 g/mol. The van der Waals surface area contributed by atoms with Gasteiger partial charge in [0.15, 0.2) is 5.78 Å². The molecule has 1 aromatic carbocycles. The van der Waals surface area contributed by atoms with Crippen LogP contribution in [0.15, 0.2) is 24.3 Å². The van der Waals surface area contributed by atoms with Gasteiger partial charge in [0.2, 0.25) is 0 Å². The number of urea groups is 1. The van der Waals surface area contributed by atoms with Crippen molar-refractivity contribution < 1.29 is 23.9 Å². The van der Waals surface area contributed by atoms with Crippen molar-refractivity contribution >= 4 is 23.7 Å². The van der Waals surface area contributed by atoms with Gasteiger partial charge in [-0.15, -0.1) is 0 Å². The third-order valence-electron chi connectivity index (χ3n) is 5.28. The first-order chi connectivity index (χ1) is 12.3. The second-order valence-corrected chi connectivity index (χ2v) is 6.99. The predicted molar refractivity (Wildman–Crippen MR) is 92.7 cm³/mol. The molecule has 1 saturated heterocycles. The molecule has 26 heavy (non-hydrogen) atoms. The summed E-state index contributed by atoms with van der Waals surface area (Å²) < 4.78 is 5.19. The fourth-order valence-electron chi connectivity index (χ4n) is 3.69. The molecule has 1 N–H and O–H groups in total. The van der Waals surface area contributed by atoms with Crippen LogP contribution in [-0.4, -0.2) is 40.7 Å². The maximum Gasteiger partial charge on any atom is 0.331 e. The highest BCUT2D eigenvalue weighted by Crippen LogP contribution is 2.38. The standard InChI is InChI=1S/C19H22N2O5/c1-12-5-3-4-10-19(12)17(24)21(18(25)20-19)11-16(23)26-15-8-6-14(7-9-15)13(2)22/h6-9,12H,3-5,10-11H2,1-2H3,(H,20,25)/t12-,19-/m0/s1. The lowest BCUT2D eigenvalue weighted by molar-refractivity contribution is -0.142. The van der Waals surface area contributed by atoms with E-state index < -0.39 is 24.1 Å². The minimum Gasteiger partial charge on any atom is -0.425 e. The van der Waals surface area contributed by atoms with Gasteiger partial charge in [-0.3, -0.25) is 14.5 Å². The number of hydrogen-bond donors (Lipinski definition) is 1. The Labute approximate surface area is 151 Å². The molecule has 2 fully saturated rings. The van der Waals surface area contributed by atoms with Gasteiger partial charge in [0.05, 0.1) is 0 Å². The summed E-state index contributed by atoms with van der Waals surface area (Å²) in [7, 11) is 0. The van der Waals surface area contributed by atoms with E-state index in [-0.39, 0.29) is 23.4 Å². The van der Waals surface area contributed by atoms with Crippen molar-refractivity contribution in [2.45, 2.75) is 45.1 Å². The lowest BCUT2D eigenvalue weighted by atomic mass is 9.73.